The van der Waals surface area contributed by atoms with Gasteiger partial charge in [0.1, 0.15) is 0 Å². The molecule has 0 aliphatic carbocycles. The van der Waals surface area contributed by atoms with Crippen molar-refractivity contribution < 1.29 is 0 Å². The summed E-state index contributed by atoms with van der Waals surface area (Å²) in [6.07, 6.45) is 2.04. The van der Waals surface area contributed by atoms with E-state index in [1.807, 2.05) is 36.6 Å². The molecule has 0 aliphatic rings. The van der Waals surface area contributed by atoms with Gasteiger partial charge in [0.2, 0.25) is 0 Å². The number of aromatic nitrogens is 2. The minimum atomic E-state index is -0.258. The molecule has 3 aromatic rings. The lowest BCUT2D eigenvalue weighted by atomic mass is 9.99. The van der Waals surface area contributed by atoms with Crippen LogP contribution in [0.2, 0.25) is 0 Å². The number of H-pyrrole nitrogens is 2. The van der Waals surface area contributed by atoms with E-state index in [0.29, 0.717) is 0 Å². The van der Waals surface area contributed by atoms with Crippen molar-refractivity contribution in [1.82, 2.24) is 9.97 Å². The summed E-state index contributed by atoms with van der Waals surface area (Å²) in [5.41, 5.74) is 9.77. The first-order chi connectivity index (χ1) is 10.1. The fourth-order valence-electron chi connectivity index (χ4n) is 2.40. The second-order valence-electron chi connectivity index (χ2n) is 4.72. The quantitative estimate of drug-likeness (QED) is 0.624. The number of hydrogen-bond donors (Lipinski definition) is 3. The van der Waals surface area contributed by atoms with E-state index in [0.717, 1.165) is 31.5 Å². The van der Waals surface area contributed by atoms with Gasteiger partial charge in [0.25, 0.3) is 0 Å². The fourth-order valence-corrected chi connectivity index (χ4v) is 3.64. The predicted octanol–water partition coefficient (Wildman–Crippen LogP) is 3.39. The smallest absolute Gasteiger partial charge is 0.320 e. The Morgan fingerprint density at radius 3 is 2.52 bits per heavy atom. The average molecular weight is 364 g/mol. The molecule has 3 rings (SSSR count). The summed E-state index contributed by atoms with van der Waals surface area (Å²) in [6.45, 7) is 0. The summed E-state index contributed by atoms with van der Waals surface area (Å²) in [5.74, 6) is 0. The first kappa shape index (κ1) is 14.4. The first-order valence-corrected chi connectivity index (χ1v) is 8.42. The molecular formula is C15H14BrN3OS. The van der Waals surface area contributed by atoms with E-state index in [1.54, 1.807) is 11.8 Å². The Bertz CT molecular complexity index is 855. The fraction of sp³-hybridized carbons (Fsp3) is 0.133. The molecule has 1 atom stereocenters. The molecule has 0 bridgehead atoms. The normalized spacial score (nSPS) is 12.7. The highest BCUT2D eigenvalue weighted by molar-refractivity contribution is 9.10. The van der Waals surface area contributed by atoms with Crippen LogP contribution in [0.4, 0.5) is 0 Å². The van der Waals surface area contributed by atoms with Gasteiger partial charge in [0.05, 0.1) is 17.1 Å². The molecule has 21 heavy (non-hydrogen) atoms. The van der Waals surface area contributed by atoms with Crippen molar-refractivity contribution >= 4 is 38.7 Å². The van der Waals surface area contributed by atoms with Crippen LogP contribution >= 0.6 is 27.7 Å². The monoisotopic (exact) mass is 363 g/mol. The van der Waals surface area contributed by atoms with Gasteiger partial charge in [-0.2, -0.15) is 0 Å². The van der Waals surface area contributed by atoms with Crippen molar-refractivity contribution in [2.75, 3.05) is 6.26 Å². The number of hydrogen-bond acceptors (Lipinski definition) is 3. The van der Waals surface area contributed by atoms with E-state index in [-0.39, 0.29) is 11.7 Å². The summed E-state index contributed by atoms with van der Waals surface area (Å²) < 4.78 is 0.883. The van der Waals surface area contributed by atoms with Gasteiger partial charge in [-0.1, -0.05) is 34.1 Å². The van der Waals surface area contributed by atoms with Gasteiger partial charge in [-0.3, -0.25) is 0 Å². The molecule has 0 amide bonds. The van der Waals surface area contributed by atoms with Crippen LogP contribution in [0.15, 0.2) is 50.6 Å². The lowest BCUT2D eigenvalue weighted by Crippen LogP contribution is -2.13. The Hall–Kier alpha value is -1.50. The van der Waals surface area contributed by atoms with Gasteiger partial charge in [-0.25, -0.2) is 4.79 Å². The molecule has 0 fully saturated rings. The molecule has 0 saturated heterocycles. The number of rotatable bonds is 3. The van der Waals surface area contributed by atoms with Gasteiger partial charge in [0.15, 0.2) is 0 Å². The Labute approximate surface area is 134 Å². The highest BCUT2D eigenvalue weighted by Crippen LogP contribution is 2.33. The van der Waals surface area contributed by atoms with E-state index in [4.69, 9.17) is 5.73 Å². The maximum atomic E-state index is 11.4. The molecule has 6 heteroatoms. The Balaban J connectivity index is 2.14. The maximum Gasteiger partial charge on any atom is 0.323 e. The summed E-state index contributed by atoms with van der Waals surface area (Å²) in [6, 6.07) is 11.6. The molecule has 0 aliphatic heterocycles. The summed E-state index contributed by atoms with van der Waals surface area (Å²) in [4.78, 5) is 18.1. The summed E-state index contributed by atoms with van der Waals surface area (Å²) in [7, 11) is 0. The number of imidazole rings is 1. The molecule has 0 radical (unpaired) electrons. The number of halogens is 1. The standard InChI is InChI=1S/C15H14BrN3OS/c1-21-13-5-3-2-4-8(13)14(17)9-6-11-12(7-10(9)16)19-15(20)18-11/h2-7,14H,17H2,1H3,(H2,18,19,20). The molecule has 1 unspecified atom stereocenters. The van der Waals surface area contributed by atoms with Crippen LogP contribution in [0.1, 0.15) is 17.2 Å². The number of fused-ring (bicyclic) bond motifs is 1. The van der Waals surface area contributed by atoms with Gasteiger partial charge in [-0.05, 0) is 35.6 Å². The third-order valence-electron chi connectivity index (χ3n) is 3.44. The average Bonchev–Trinajstić information content (AvgIpc) is 2.84. The van der Waals surface area contributed by atoms with Crippen LogP contribution in [0.25, 0.3) is 11.0 Å². The number of thioether (sulfide) groups is 1. The molecule has 1 heterocycles. The Kier molecular flexibility index (Phi) is 3.93. The van der Waals surface area contributed by atoms with Crippen molar-refractivity contribution in [3.63, 3.8) is 0 Å². The highest BCUT2D eigenvalue weighted by atomic mass is 79.9. The molecular weight excluding hydrogens is 350 g/mol. The molecule has 4 N–H and O–H groups in total. The molecule has 0 spiro atoms. The number of nitrogens with one attached hydrogen (secondary N) is 2. The lowest BCUT2D eigenvalue weighted by Gasteiger charge is -2.17. The van der Waals surface area contributed by atoms with Crippen molar-refractivity contribution in [2.45, 2.75) is 10.9 Å². The van der Waals surface area contributed by atoms with Crippen LogP contribution in [0, 0.1) is 0 Å². The van der Waals surface area contributed by atoms with Crippen LogP contribution in [-0.2, 0) is 0 Å². The van der Waals surface area contributed by atoms with Gasteiger partial charge in [-0.15, -0.1) is 11.8 Å². The van der Waals surface area contributed by atoms with Crippen LogP contribution in [0.3, 0.4) is 0 Å². The van der Waals surface area contributed by atoms with Gasteiger partial charge >= 0.3 is 5.69 Å². The molecule has 1 aromatic heterocycles. The minimum Gasteiger partial charge on any atom is -0.320 e. The van der Waals surface area contributed by atoms with E-state index in [9.17, 15) is 4.79 Å². The van der Waals surface area contributed by atoms with Crippen molar-refractivity contribution in [1.29, 1.82) is 0 Å². The SMILES string of the molecule is CSc1ccccc1C(N)c1cc2[nH]c(=O)[nH]c2cc1Br. The highest BCUT2D eigenvalue weighted by Gasteiger charge is 2.16. The van der Waals surface area contributed by atoms with Crippen molar-refractivity contribution in [3.8, 4) is 0 Å². The minimum absolute atomic E-state index is 0.216. The topological polar surface area (TPSA) is 74.7 Å². The molecule has 4 nitrogen and oxygen atoms in total. The second kappa shape index (κ2) is 5.71. The Morgan fingerprint density at radius 2 is 1.81 bits per heavy atom. The third-order valence-corrected chi connectivity index (χ3v) is 4.94. The molecule has 2 aromatic carbocycles. The largest absolute Gasteiger partial charge is 0.323 e. The zero-order valence-corrected chi connectivity index (χ0v) is 13.7. The third kappa shape index (κ3) is 2.66. The number of aromatic amines is 2. The Morgan fingerprint density at radius 1 is 1.14 bits per heavy atom. The van der Waals surface area contributed by atoms with Gasteiger partial charge in [0, 0.05) is 9.37 Å². The van der Waals surface area contributed by atoms with Gasteiger partial charge < -0.3 is 15.7 Å². The van der Waals surface area contributed by atoms with Crippen LogP contribution < -0.4 is 11.4 Å². The first-order valence-electron chi connectivity index (χ1n) is 6.40. The zero-order valence-electron chi connectivity index (χ0n) is 11.3. The molecule has 0 saturated carbocycles. The zero-order chi connectivity index (χ0) is 15.0. The van der Waals surface area contributed by atoms with E-state index in [2.05, 4.69) is 32.0 Å². The summed E-state index contributed by atoms with van der Waals surface area (Å²) in [5, 5.41) is 0. The lowest BCUT2D eigenvalue weighted by molar-refractivity contribution is 0.844. The van der Waals surface area contributed by atoms with Crippen LogP contribution in [-0.4, -0.2) is 16.2 Å². The summed E-state index contributed by atoms with van der Waals surface area (Å²) >= 11 is 5.22. The predicted molar refractivity (Wildman–Crippen MR) is 90.9 cm³/mol. The second-order valence-corrected chi connectivity index (χ2v) is 6.42. The van der Waals surface area contributed by atoms with Crippen molar-refractivity contribution in [2.24, 2.45) is 5.73 Å². The van der Waals surface area contributed by atoms with Crippen LogP contribution in [0.5, 0.6) is 0 Å². The van der Waals surface area contributed by atoms with E-state index >= 15 is 0 Å². The number of nitrogens with two attached hydrogens (primary N) is 1. The number of benzene rings is 2. The van der Waals surface area contributed by atoms with E-state index < -0.39 is 0 Å². The van der Waals surface area contributed by atoms with Crippen molar-refractivity contribution in [3.05, 3.63) is 62.5 Å². The maximum absolute atomic E-state index is 11.4. The van der Waals surface area contributed by atoms with E-state index in [1.165, 1.54) is 0 Å². The molecule has 108 valence electrons.